The highest BCUT2D eigenvalue weighted by molar-refractivity contribution is 5.78. The highest BCUT2D eigenvalue weighted by atomic mass is 16.6. The number of nitrogens with one attached hydrogen (secondary N) is 1. The molecule has 1 heterocycles. The van der Waals surface area contributed by atoms with E-state index in [1.165, 1.54) is 0 Å². The predicted octanol–water partition coefficient (Wildman–Crippen LogP) is 1.31. The van der Waals surface area contributed by atoms with Crippen molar-refractivity contribution in [3.05, 3.63) is 29.8 Å². The second-order valence-corrected chi connectivity index (χ2v) is 3.72. The quantitative estimate of drug-likeness (QED) is 0.783. The lowest BCUT2D eigenvalue weighted by Gasteiger charge is -2.24. The fourth-order valence-electron chi connectivity index (χ4n) is 1.72. The molecular weight excluding hydrogens is 206 g/mol. The number of benzene rings is 1. The highest BCUT2D eigenvalue weighted by Crippen LogP contribution is 2.26. The minimum atomic E-state index is -0.165. The number of carbonyl (C=O) groups excluding carboxylic acids is 1. The van der Waals surface area contributed by atoms with Gasteiger partial charge < -0.3 is 4.74 Å². The van der Waals surface area contributed by atoms with Crippen LogP contribution in [0.5, 0.6) is 5.75 Å². The first-order chi connectivity index (χ1) is 7.81. The summed E-state index contributed by atoms with van der Waals surface area (Å²) < 4.78 is 5.52. The van der Waals surface area contributed by atoms with Gasteiger partial charge in [-0.3, -0.25) is 9.63 Å². The Hall–Kier alpha value is -1.55. The van der Waals surface area contributed by atoms with Crippen molar-refractivity contribution in [1.82, 2.24) is 5.48 Å². The second kappa shape index (κ2) is 4.99. The van der Waals surface area contributed by atoms with Gasteiger partial charge in [-0.25, -0.2) is 5.48 Å². The van der Waals surface area contributed by atoms with Crippen molar-refractivity contribution in [1.29, 1.82) is 0 Å². The van der Waals surface area contributed by atoms with Crippen LogP contribution in [0.25, 0.3) is 0 Å². The van der Waals surface area contributed by atoms with Gasteiger partial charge in [-0.15, -0.1) is 0 Å². The monoisotopic (exact) mass is 221 g/mol. The van der Waals surface area contributed by atoms with Crippen LogP contribution in [-0.2, 0) is 16.1 Å². The standard InChI is InChI=1S/C12H15NO3/c1-2-16-13-12(14)10-7-9-5-3-4-6-11(9)15-8-10/h3-6,10H,2,7-8H2,1H3,(H,13,14). The topological polar surface area (TPSA) is 47.6 Å². The molecule has 0 aliphatic carbocycles. The molecular formula is C12H15NO3. The lowest BCUT2D eigenvalue weighted by Crippen LogP contribution is -2.37. The molecule has 16 heavy (non-hydrogen) atoms. The van der Waals surface area contributed by atoms with Crippen molar-refractivity contribution >= 4 is 5.91 Å². The fraction of sp³-hybridized carbons (Fsp3) is 0.417. The van der Waals surface area contributed by atoms with Gasteiger partial charge in [0.05, 0.1) is 12.5 Å². The van der Waals surface area contributed by atoms with Gasteiger partial charge in [-0.2, -0.15) is 0 Å². The average Bonchev–Trinajstić information content (AvgIpc) is 2.35. The number of rotatable bonds is 3. The van der Waals surface area contributed by atoms with E-state index < -0.39 is 0 Å². The smallest absolute Gasteiger partial charge is 0.250 e. The number of hydrogen-bond acceptors (Lipinski definition) is 3. The van der Waals surface area contributed by atoms with Crippen LogP contribution in [0.3, 0.4) is 0 Å². The van der Waals surface area contributed by atoms with Gasteiger partial charge in [-0.1, -0.05) is 18.2 Å². The molecule has 86 valence electrons. The molecule has 0 spiro atoms. The maximum atomic E-state index is 11.7. The summed E-state index contributed by atoms with van der Waals surface area (Å²) in [6.07, 6.45) is 0.703. The molecule has 1 atom stereocenters. The molecule has 0 saturated heterocycles. The van der Waals surface area contributed by atoms with E-state index in [4.69, 9.17) is 9.57 Å². The van der Waals surface area contributed by atoms with Crippen LogP contribution in [0.1, 0.15) is 12.5 Å². The molecule has 1 aromatic carbocycles. The Balaban J connectivity index is 1.99. The van der Waals surface area contributed by atoms with Gasteiger partial charge in [0.15, 0.2) is 0 Å². The molecule has 1 aliphatic heterocycles. The summed E-state index contributed by atoms with van der Waals surface area (Å²) in [4.78, 5) is 16.5. The average molecular weight is 221 g/mol. The van der Waals surface area contributed by atoms with Gasteiger partial charge in [-0.05, 0) is 25.0 Å². The molecule has 0 fully saturated rings. The third-order valence-electron chi connectivity index (χ3n) is 2.57. The summed E-state index contributed by atoms with van der Waals surface area (Å²) in [5.74, 6) is 0.598. The largest absolute Gasteiger partial charge is 0.492 e. The summed E-state index contributed by atoms with van der Waals surface area (Å²) in [5, 5.41) is 0. The number of hydrogen-bond donors (Lipinski definition) is 1. The van der Waals surface area contributed by atoms with Crippen LogP contribution in [0.4, 0.5) is 0 Å². The molecule has 0 bridgehead atoms. The van der Waals surface area contributed by atoms with E-state index in [2.05, 4.69) is 5.48 Å². The summed E-state index contributed by atoms with van der Waals surface area (Å²) >= 11 is 0. The Kier molecular flexibility index (Phi) is 3.41. The van der Waals surface area contributed by atoms with E-state index in [9.17, 15) is 4.79 Å². The Labute approximate surface area is 94.5 Å². The second-order valence-electron chi connectivity index (χ2n) is 3.72. The zero-order valence-corrected chi connectivity index (χ0v) is 9.23. The third-order valence-corrected chi connectivity index (χ3v) is 2.57. The summed E-state index contributed by atoms with van der Waals surface area (Å²) in [7, 11) is 0. The van der Waals surface area contributed by atoms with Crippen LogP contribution in [0.2, 0.25) is 0 Å². The van der Waals surface area contributed by atoms with Crippen molar-refractivity contribution in [3.63, 3.8) is 0 Å². The minimum absolute atomic E-state index is 0.114. The van der Waals surface area contributed by atoms with Crippen LogP contribution in [-0.4, -0.2) is 19.1 Å². The first-order valence-electron chi connectivity index (χ1n) is 5.43. The van der Waals surface area contributed by atoms with Gasteiger partial charge in [0.2, 0.25) is 5.91 Å². The molecule has 0 radical (unpaired) electrons. The number of hydroxylamine groups is 1. The van der Waals surface area contributed by atoms with Crippen LogP contribution in [0, 0.1) is 5.92 Å². The molecule has 0 saturated carbocycles. The first-order valence-corrected chi connectivity index (χ1v) is 5.43. The maximum absolute atomic E-state index is 11.7. The number of ether oxygens (including phenoxy) is 1. The Morgan fingerprint density at radius 2 is 2.38 bits per heavy atom. The maximum Gasteiger partial charge on any atom is 0.250 e. The van der Waals surface area contributed by atoms with Crippen LogP contribution in [0.15, 0.2) is 24.3 Å². The van der Waals surface area contributed by atoms with E-state index >= 15 is 0 Å². The van der Waals surface area contributed by atoms with Crippen molar-refractivity contribution in [3.8, 4) is 5.75 Å². The lowest BCUT2D eigenvalue weighted by atomic mass is 9.96. The summed E-state index contributed by atoms with van der Waals surface area (Å²) in [5.41, 5.74) is 3.49. The van der Waals surface area contributed by atoms with Crippen molar-refractivity contribution in [2.45, 2.75) is 13.3 Å². The number of amides is 1. The van der Waals surface area contributed by atoms with Crippen LogP contribution >= 0.6 is 0 Å². The zero-order chi connectivity index (χ0) is 11.4. The molecule has 4 heteroatoms. The molecule has 1 unspecified atom stereocenters. The normalized spacial score (nSPS) is 18.4. The Morgan fingerprint density at radius 3 is 3.19 bits per heavy atom. The van der Waals surface area contributed by atoms with E-state index in [0.717, 1.165) is 11.3 Å². The molecule has 1 aromatic rings. The third kappa shape index (κ3) is 2.33. The highest BCUT2D eigenvalue weighted by Gasteiger charge is 2.25. The summed E-state index contributed by atoms with van der Waals surface area (Å²) in [6, 6.07) is 7.78. The fourth-order valence-corrected chi connectivity index (χ4v) is 1.72. The predicted molar refractivity (Wildman–Crippen MR) is 58.9 cm³/mol. The van der Waals surface area contributed by atoms with E-state index in [0.29, 0.717) is 19.6 Å². The Morgan fingerprint density at radius 1 is 1.56 bits per heavy atom. The zero-order valence-electron chi connectivity index (χ0n) is 9.23. The van der Waals surface area contributed by atoms with Crippen molar-refractivity contribution < 1.29 is 14.4 Å². The van der Waals surface area contributed by atoms with E-state index in [1.807, 2.05) is 31.2 Å². The van der Waals surface area contributed by atoms with Gasteiger partial charge in [0.1, 0.15) is 12.4 Å². The molecule has 4 nitrogen and oxygen atoms in total. The number of carbonyl (C=O) groups is 1. The van der Waals surface area contributed by atoms with Gasteiger partial charge in [0.25, 0.3) is 0 Å². The SMILES string of the molecule is CCONC(=O)C1COc2ccccc2C1. The van der Waals surface area contributed by atoms with E-state index in [1.54, 1.807) is 0 Å². The summed E-state index contributed by atoms with van der Waals surface area (Å²) in [6.45, 7) is 2.71. The Bertz CT molecular complexity index is 378. The minimum Gasteiger partial charge on any atom is -0.492 e. The van der Waals surface area contributed by atoms with Crippen molar-refractivity contribution in [2.75, 3.05) is 13.2 Å². The van der Waals surface area contributed by atoms with Crippen molar-refractivity contribution in [2.24, 2.45) is 5.92 Å². The molecule has 2 rings (SSSR count). The molecule has 1 aliphatic rings. The van der Waals surface area contributed by atoms with E-state index in [-0.39, 0.29) is 11.8 Å². The number of para-hydroxylation sites is 1. The lowest BCUT2D eigenvalue weighted by molar-refractivity contribution is -0.138. The molecule has 1 N–H and O–H groups in total. The number of fused-ring (bicyclic) bond motifs is 1. The first kappa shape index (κ1) is 11.0. The molecule has 0 aromatic heterocycles. The van der Waals surface area contributed by atoms with Gasteiger partial charge >= 0.3 is 0 Å². The molecule has 1 amide bonds. The van der Waals surface area contributed by atoms with Crippen LogP contribution < -0.4 is 10.2 Å². The van der Waals surface area contributed by atoms with Gasteiger partial charge in [0, 0.05) is 0 Å².